The number of thiazole rings is 1. The quantitative estimate of drug-likeness (QED) is 0.497. The lowest BCUT2D eigenvalue weighted by Crippen LogP contribution is -2.59. The largest absolute Gasteiger partial charge is 0.465 e. The van der Waals surface area contributed by atoms with E-state index in [1.807, 2.05) is 73.7 Å². The van der Waals surface area contributed by atoms with Crippen LogP contribution in [0.3, 0.4) is 0 Å². The van der Waals surface area contributed by atoms with Gasteiger partial charge in [0.2, 0.25) is 11.6 Å². The summed E-state index contributed by atoms with van der Waals surface area (Å²) < 4.78 is 14.1. The molecule has 0 spiro atoms. The lowest BCUT2D eigenvalue weighted by atomic mass is 9.80. The van der Waals surface area contributed by atoms with Crippen molar-refractivity contribution in [2.45, 2.75) is 25.6 Å². The standard InChI is InChI=1S/C26H21N3O4S/c1-15-12-13-17(32-15)14-20-24(31)29-22-18-10-6-7-11-19(18)33-26(2,28-25(29)34-20)21(22)23(30)27-16-8-4-3-5-9-16/h3-14,21-22H,1-2H3,(H,27,30)/b20-14-/t21-,22+,26-/m1/s1. The molecule has 0 unspecified atom stereocenters. The Bertz CT molecular complexity index is 1600. The number of rotatable bonds is 3. The van der Waals surface area contributed by atoms with E-state index in [2.05, 4.69) is 5.32 Å². The van der Waals surface area contributed by atoms with E-state index in [-0.39, 0.29) is 11.5 Å². The van der Waals surface area contributed by atoms with Crippen LogP contribution < -0.4 is 24.9 Å². The minimum absolute atomic E-state index is 0.209. The number of fused-ring (bicyclic) bond motifs is 6. The zero-order valence-corrected chi connectivity index (χ0v) is 19.3. The third-order valence-electron chi connectivity index (χ3n) is 6.24. The summed E-state index contributed by atoms with van der Waals surface area (Å²) in [5, 5.41) is 2.98. The second kappa shape index (κ2) is 7.56. The zero-order chi connectivity index (χ0) is 23.4. The van der Waals surface area contributed by atoms with Crippen LogP contribution in [0.1, 0.15) is 30.0 Å². The normalized spacial score (nSPS) is 22.8. The molecule has 4 heterocycles. The fraction of sp³-hybridized carbons (Fsp3) is 0.192. The van der Waals surface area contributed by atoms with Crippen LogP contribution in [0.2, 0.25) is 0 Å². The number of benzene rings is 2. The fourth-order valence-corrected chi connectivity index (χ4v) is 5.82. The molecule has 0 aliphatic carbocycles. The van der Waals surface area contributed by atoms with Crippen molar-refractivity contribution in [3.05, 3.63) is 104 Å². The molecule has 8 heteroatoms. The average molecular weight is 472 g/mol. The van der Waals surface area contributed by atoms with E-state index in [0.717, 1.165) is 11.3 Å². The number of anilines is 1. The highest BCUT2D eigenvalue weighted by Gasteiger charge is 2.55. The molecule has 0 saturated carbocycles. The van der Waals surface area contributed by atoms with Crippen LogP contribution >= 0.6 is 11.3 Å². The Hall–Kier alpha value is -3.91. The molecule has 3 atom stereocenters. The Kier molecular flexibility index (Phi) is 4.60. The molecule has 7 nitrogen and oxygen atoms in total. The molecule has 1 amide bonds. The summed E-state index contributed by atoms with van der Waals surface area (Å²) in [6.45, 7) is 3.66. The van der Waals surface area contributed by atoms with Crippen LogP contribution in [0.15, 0.2) is 80.9 Å². The fourth-order valence-electron chi connectivity index (χ4n) is 4.75. The Balaban J connectivity index is 1.55. The maximum Gasteiger partial charge on any atom is 0.271 e. The van der Waals surface area contributed by atoms with E-state index in [0.29, 0.717) is 26.5 Å². The molecule has 1 N–H and O–H groups in total. The van der Waals surface area contributed by atoms with Gasteiger partial charge in [-0.1, -0.05) is 47.7 Å². The van der Waals surface area contributed by atoms with Crippen molar-refractivity contribution in [1.29, 1.82) is 0 Å². The molecule has 170 valence electrons. The van der Waals surface area contributed by atoms with Gasteiger partial charge in [0.15, 0.2) is 4.80 Å². The molecule has 0 radical (unpaired) electrons. The number of nitrogens with zero attached hydrogens (tertiary/aromatic N) is 2. The van der Waals surface area contributed by atoms with Crippen molar-refractivity contribution in [3.8, 4) is 5.75 Å². The Morgan fingerprint density at radius 1 is 1.12 bits per heavy atom. The van der Waals surface area contributed by atoms with Gasteiger partial charge in [-0.2, -0.15) is 0 Å². The molecule has 2 bridgehead atoms. The topological polar surface area (TPSA) is 85.8 Å². The van der Waals surface area contributed by atoms with Gasteiger partial charge in [0.1, 0.15) is 23.2 Å². The van der Waals surface area contributed by atoms with E-state index in [1.54, 1.807) is 17.6 Å². The van der Waals surface area contributed by atoms with E-state index in [1.165, 1.54) is 11.3 Å². The molecule has 2 aliphatic heterocycles. The summed E-state index contributed by atoms with van der Waals surface area (Å²) in [6, 6.07) is 19.9. The molecule has 2 aromatic heterocycles. The van der Waals surface area contributed by atoms with Crippen molar-refractivity contribution in [3.63, 3.8) is 0 Å². The first-order valence-corrected chi connectivity index (χ1v) is 11.8. The van der Waals surface area contributed by atoms with Gasteiger partial charge in [-0.3, -0.25) is 14.2 Å². The van der Waals surface area contributed by atoms with E-state index >= 15 is 0 Å². The molecular weight excluding hydrogens is 450 g/mol. The first-order chi connectivity index (χ1) is 16.4. The van der Waals surface area contributed by atoms with Crippen LogP contribution in [-0.4, -0.2) is 16.2 Å². The van der Waals surface area contributed by atoms with Gasteiger partial charge in [0, 0.05) is 17.3 Å². The minimum Gasteiger partial charge on any atom is -0.465 e. The van der Waals surface area contributed by atoms with Gasteiger partial charge in [-0.05, 0) is 44.2 Å². The number of hydrogen-bond acceptors (Lipinski definition) is 6. The second-order valence-electron chi connectivity index (χ2n) is 8.60. The number of ether oxygens (including phenoxy) is 1. The molecular formula is C26H21N3O4S. The van der Waals surface area contributed by atoms with Crippen molar-refractivity contribution in [2.75, 3.05) is 5.32 Å². The molecule has 2 aromatic carbocycles. The first-order valence-electron chi connectivity index (χ1n) is 11.0. The number of furan rings is 1. The van der Waals surface area contributed by atoms with Crippen LogP contribution in [0.5, 0.6) is 5.75 Å². The van der Waals surface area contributed by atoms with Crippen LogP contribution in [-0.2, 0) is 4.79 Å². The number of hydrogen-bond donors (Lipinski definition) is 1. The predicted octanol–water partition coefficient (Wildman–Crippen LogP) is 3.23. The van der Waals surface area contributed by atoms with Crippen LogP contribution in [0.25, 0.3) is 6.08 Å². The third-order valence-corrected chi connectivity index (χ3v) is 7.22. The highest BCUT2D eigenvalue weighted by Crippen LogP contribution is 2.47. The summed E-state index contributed by atoms with van der Waals surface area (Å²) in [5.74, 6) is 0.978. The number of carbonyl (C=O) groups is 1. The van der Waals surface area contributed by atoms with Gasteiger partial charge < -0.3 is 14.5 Å². The summed E-state index contributed by atoms with van der Waals surface area (Å²) in [4.78, 5) is 32.6. The Morgan fingerprint density at radius 3 is 2.65 bits per heavy atom. The highest BCUT2D eigenvalue weighted by molar-refractivity contribution is 7.07. The maximum absolute atomic E-state index is 13.6. The van der Waals surface area contributed by atoms with Gasteiger partial charge in [0.05, 0.1) is 10.6 Å². The molecule has 0 saturated heterocycles. The van der Waals surface area contributed by atoms with Crippen molar-refractivity contribution in [1.82, 2.24) is 4.57 Å². The summed E-state index contributed by atoms with van der Waals surface area (Å²) in [6.07, 6.45) is 1.72. The summed E-state index contributed by atoms with van der Waals surface area (Å²) >= 11 is 1.27. The van der Waals surface area contributed by atoms with Gasteiger partial charge in [0.25, 0.3) is 5.56 Å². The second-order valence-corrected chi connectivity index (χ2v) is 9.61. The lowest BCUT2D eigenvalue weighted by Gasteiger charge is -2.45. The van der Waals surface area contributed by atoms with E-state index in [4.69, 9.17) is 14.1 Å². The molecule has 0 fully saturated rings. The monoisotopic (exact) mass is 471 g/mol. The predicted molar refractivity (Wildman–Crippen MR) is 129 cm³/mol. The highest BCUT2D eigenvalue weighted by atomic mass is 32.1. The van der Waals surface area contributed by atoms with Gasteiger partial charge >= 0.3 is 0 Å². The average Bonchev–Trinajstić information content (AvgIpc) is 3.35. The van der Waals surface area contributed by atoms with Crippen LogP contribution in [0, 0.1) is 12.8 Å². The third kappa shape index (κ3) is 3.21. The zero-order valence-electron chi connectivity index (χ0n) is 18.5. The number of amides is 1. The van der Waals surface area contributed by atoms with Crippen molar-refractivity contribution >= 4 is 29.0 Å². The molecule has 34 heavy (non-hydrogen) atoms. The number of nitrogens with one attached hydrogen (secondary N) is 1. The molecule has 2 aliphatic rings. The van der Waals surface area contributed by atoms with E-state index in [9.17, 15) is 9.59 Å². The summed E-state index contributed by atoms with van der Waals surface area (Å²) in [7, 11) is 0. The van der Waals surface area contributed by atoms with Crippen molar-refractivity contribution < 1.29 is 13.9 Å². The number of para-hydroxylation sites is 2. The lowest BCUT2D eigenvalue weighted by molar-refractivity contribution is -0.131. The summed E-state index contributed by atoms with van der Waals surface area (Å²) in [5.41, 5.74) is 0.0742. The molecule has 4 aromatic rings. The van der Waals surface area contributed by atoms with Crippen LogP contribution in [0.4, 0.5) is 5.69 Å². The van der Waals surface area contributed by atoms with Crippen molar-refractivity contribution in [2.24, 2.45) is 10.9 Å². The SMILES string of the molecule is Cc1ccc(/C=c2\sc3n(c2=O)[C@H]2c4ccccc4O[C@@](C)(N=3)[C@H]2C(=O)Nc2ccccc2)o1. The number of carbonyl (C=O) groups excluding carboxylic acids is 1. The smallest absolute Gasteiger partial charge is 0.271 e. The number of aromatic nitrogens is 1. The molecule has 6 rings (SSSR count). The first kappa shape index (κ1) is 20.7. The van der Waals surface area contributed by atoms with E-state index < -0.39 is 17.7 Å². The minimum atomic E-state index is -1.17. The Morgan fingerprint density at radius 2 is 1.88 bits per heavy atom. The number of aryl methyl sites for hydroxylation is 1. The van der Waals surface area contributed by atoms with Gasteiger partial charge in [-0.25, -0.2) is 4.99 Å². The maximum atomic E-state index is 13.6. The van der Waals surface area contributed by atoms with Gasteiger partial charge in [-0.15, -0.1) is 0 Å². The Labute approximate surface area is 198 Å².